The molecule has 0 saturated carbocycles. The fourth-order valence-corrected chi connectivity index (χ4v) is 3.37. The molecule has 0 radical (unpaired) electrons. The largest absolute Gasteiger partial charge is 0.508 e. The first-order valence-electron chi connectivity index (χ1n) is 8.47. The van der Waals surface area contributed by atoms with Crippen LogP contribution < -0.4 is 4.90 Å². The number of benzene rings is 3. The molecular weight excluding hydrogens is 395 g/mol. The van der Waals surface area contributed by atoms with Gasteiger partial charge in [-0.05, 0) is 48.0 Å². The number of aliphatic imine (C=N–C) groups is 1. The number of phenolic OH excluding ortho intramolecular Hbond substituents is 1. The molecule has 28 heavy (non-hydrogen) atoms. The molecule has 1 aliphatic heterocycles. The van der Waals surface area contributed by atoms with Crippen molar-refractivity contribution in [2.75, 3.05) is 4.90 Å². The van der Waals surface area contributed by atoms with E-state index in [1.165, 1.54) is 17.0 Å². The first-order valence-corrected chi connectivity index (χ1v) is 9.23. The van der Waals surface area contributed by atoms with E-state index < -0.39 is 0 Å². The topological polar surface area (TPSA) is 52.9 Å². The Kier molecular flexibility index (Phi) is 4.90. The molecule has 1 heterocycles. The lowest BCUT2D eigenvalue weighted by atomic mass is 10.1. The van der Waals surface area contributed by atoms with E-state index in [0.29, 0.717) is 27.1 Å². The minimum absolute atomic E-state index is 0.123. The van der Waals surface area contributed by atoms with Gasteiger partial charge in [0.1, 0.15) is 17.3 Å². The Balaban J connectivity index is 1.83. The maximum atomic E-state index is 13.2. The Labute approximate surface area is 172 Å². The molecule has 4 rings (SSSR count). The molecule has 0 fully saturated rings. The summed E-state index contributed by atoms with van der Waals surface area (Å²) in [5.74, 6) is 0.348. The lowest BCUT2D eigenvalue weighted by Gasteiger charge is -2.18. The highest BCUT2D eigenvalue weighted by molar-refractivity contribution is 6.36. The molecule has 0 aliphatic carbocycles. The number of carbonyl (C=O) groups excluding carboxylic acids is 1. The average Bonchev–Trinajstić information content (AvgIpc) is 3.02. The van der Waals surface area contributed by atoms with Gasteiger partial charge in [0, 0.05) is 15.6 Å². The number of amidine groups is 1. The second kappa shape index (κ2) is 7.50. The first kappa shape index (κ1) is 18.3. The molecule has 138 valence electrons. The van der Waals surface area contributed by atoms with Crippen LogP contribution in [0.1, 0.15) is 11.1 Å². The van der Waals surface area contributed by atoms with Gasteiger partial charge in [-0.1, -0.05) is 59.6 Å². The van der Waals surface area contributed by atoms with Crippen molar-refractivity contribution < 1.29 is 9.90 Å². The van der Waals surface area contributed by atoms with E-state index in [2.05, 4.69) is 4.99 Å². The summed E-state index contributed by atoms with van der Waals surface area (Å²) in [5, 5.41) is 10.5. The lowest BCUT2D eigenvalue weighted by Crippen LogP contribution is -2.32. The van der Waals surface area contributed by atoms with Gasteiger partial charge in [0.25, 0.3) is 5.91 Å². The zero-order valence-corrected chi connectivity index (χ0v) is 16.0. The van der Waals surface area contributed by atoms with Crippen LogP contribution in [-0.2, 0) is 4.79 Å². The third-order valence-corrected chi connectivity index (χ3v) is 4.82. The lowest BCUT2D eigenvalue weighted by molar-refractivity contribution is -0.113. The van der Waals surface area contributed by atoms with Gasteiger partial charge < -0.3 is 5.11 Å². The number of halogens is 2. The fourth-order valence-electron chi connectivity index (χ4n) is 2.90. The number of amides is 1. The summed E-state index contributed by atoms with van der Waals surface area (Å²) in [6.45, 7) is 0. The zero-order valence-electron chi connectivity index (χ0n) is 14.5. The summed E-state index contributed by atoms with van der Waals surface area (Å²) in [4.78, 5) is 19.3. The van der Waals surface area contributed by atoms with E-state index in [1.807, 2.05) is 30.3 Å². The highest BCUT2D eigenvalue weighted by Gasteiger charge is 2.32. The number of hydrogen-bond acceptors (Lipinski definition) is 3. The number of nitrogens with zero attached hydrogens (tertiary/aromatic N) is 2. The van der Waals surface area contributed by atoms with Crippen LogP contribution in [0.4, 0.5) is 5.69 Å². The smallest absolute Gasteiger partial charge is 0.282 e. The Hall–Kier alpha value is -3.08. The van der Waals surface area contributed by atoms with Gasteiger partial charge in [-0.2, -0.15) is 0 Å². The van der Waals surface area contributed by atoms with Crippen LogP contribution >= 0.6 is 23.2 Å². The van der Waals surface area contributed by atoms with E-state index in [-0.39, 0.29) is 17.4 Å². The van der Waals surface area contributed by atoms with E-state index >= 15 is 0 Å². The maximum Gasteiger partial charge on any atom is 0.282 e. The molecule has 0 atom stereocenters. The van der Waals surface area contributed by atoms with Gasteiger partial charge in [0.15, 0.2) is 0 Å². The van der Waals surface area contributed by atoms with Crippen LogP contribution in [0.5, 0.6) is 5.75 Å². The molecule has 0 bridgehead atoms. The number of anilines is 1. The van der Waals surface area contributed by atoms with Crippen LogP contribution in [-0.4, -0.2) is 16.8 Å². The molecule has 4 nitrogen and oxygen atoms in total. The van der Waals surface area contributed by atoms with E-state index in [0.717, 1.165) is 5.56 Å². The average molecular weight is 409 g/mol. The predicted octanol–water partition coefficient (Wildman–Crippen LogP) is 5.53. The standard InChI is InChI=1S/C22H14Cl2N2O2/c23-16-7-6-15(19(24)13-16)12-20-22(28)26(17-8-10-18(27)11-9-17)21(25-20)14-4-2-1-3-5-14/h1-13,27H/b20-12+. The second-order valence-electron chi connectivity index (χ2n) is 6.15. The van der Waals surface area contributed by atoms with E-state index in [4.69, 9.17) is 23.2 Å². The molecule has 3 aromatic rings. The molecule has 0 aromatic heterocycles. The van der Waals surface area contributed by atoms with Crippen LogP contribution in [0.15, 0.2) is 83.5 Å². The van der Waals surface area contributed by atoms with Crippen molar-refractivity contribution in [3.63, 3.8) is 0 Å². The molecule has 1 amide bonds. The maximum absolute atomic E-state index is 13.2. The number of phenols is 1. The highest BCUT2D eigenvalue weighted by atomic mass is 35.5. The number of carbonyl (C=O) groups is 1. The van der Waals surface area contributed by atoms with Gasteiger partial charge in [0.2, 0.25) is 0 Å². The molecule has 1 N–H and O–H groups in total. The first-order chi connectivity index (χ1) is 13.5. The predicted molar refractivity (Wildman–Crippen MR) is 113 cm³/mol. The minimum atomic E-state index is -0.282. The summed E-state index contributed by atoms with van der Waals surface area (Å²) in [6, 6.07) is 20.9. The monoisotopic (exact) mass is 408 g/mol. The van der Waals surface area contributed by atoms with Crippen molar-refractivity contribution in [1.29, 1.82) is 0 Å². The minimum Gasteiger partial charge on any atom is -0.508 e. The Morgan fingerprint density at radius 3 is 2.32 bits per heavy atom. The molecule has 0 unspecified atom stereocenters. The van der Waals surface area contributed by atoms with Gasteiger partial charge in [-0.25, -0.2) is 4.99 Å². The van der Waals surface area contributed by atoms with Crippen LogP contribution in [0.2, 0.25) is 10.0 Å². The van der Waals surface area contributed by atoms with E-state index in [9.17, 15) is 9.90 Å². The van der Waals surface area contributed by atoms with Crippen LogP contribution in [0, 0.1) is 0 Å². The van der Waals surface area contributed by atoms with E-state index in [1.54, 1.807) is 36.4 Å². The Morgan fingerprint density at radius 1 is 0.929 bits per heavy atom. The molecule has 0 saturated heterocycles. The molecule has 1 aliphatic rings. The highest BCUT2D eigenvalue weighted by Crippen LogP contribution is 2.30. The van der Waals surface area contributed by atoms with Crippen molar-refractivity contribution in [3.8, 4) is 5.75 Å². The van der Waals surface area contributed by atoms with Crippen molar-refractivity contribution >= 4 is 46.7 Å². The third-order valence-electron chi connectivity index (χ3n) is 4.25. The van der Waals surface area contributed by atoms with Crippen LogP contribution in [0.3, 0.4) is 0 Å². The third kappa shape index (κ3) is 3.52. The SMILES string of the molecule is O=C1/C(=C\c2ccc(Cl)cc2Cl)N=C(c2ccccc2)N1c1ccc(O)cc1. The zero-order chi connectivity index (χ0) is 19.7. The normalized spacial score (nSPS) is 15.2. The van der Waals surface area contributed by atoms with Gasteiger partial charge in [-0.15, -0.1) is 0 Å². The van der Waals surface area contributed by atoms with Crippen molar-refractivity contribution in [3.05, 3.63) is 99.7 Å². The number of hydrogen-bond donors (Lipinski definition) is 1. The van der Waals surface area contributed by atoms with Crippen molar-refractivity contribution in [1.82, 2.24) is 0 Å². The van der Waals surface area contributed by atoms with Crippen LogP contribution in [0.25, 0.3) is 6.08 Å². The molecule has 6 heteroatoms. The summed E-state index contributed by atoms with van der Waals surface area (Å²) in [5.41, 5.74) is 2.32. The van der Waals surface area contributed by atoms with Gasteiger partial charge >= 0.3 is 0 Å². The van der Waals surface area contributed by atoms with Gasteiger partial charge in [-0.3, -0.25) is 9.69 Å². The summed E-state index contributed by atoms with van der Waals surface area (Å²) in [7, 11) is 0. The summed E-state index contributed by atoms with van der Waals surface area (Å²) < 4.78 is 0. The van der Waals surface area contributed by atoms with Crippen molar-refractivity contribution in [2.24, 2.45) is 4.99 Å². The molecule has 0 spiro atoms. The second-order valence-corrected chi connectivity index (χ2v) is 7.00. The number of aromatic hydroxyl groups is 1. The molecule has 3 aromatic carbocycles. The summed E-state index contributed by atoms with van der Waals surface area (Å²) >= 11 is 12.2. The Morgan fingerprint density at radius 2 is 1.64 bits per heavy atom. The quantitative estimate of drug-likeness (QED) is 0.578. The Bertz CT molecular complexity index is 1110. The fraction of sp³-hybridized carbons (Fsp3) is 0. The van der Waals surface area contributed by atoms with Gasteiger partial charge in [0.05, 0.1) is 5.69 Å². The number of rotatable bonds is 3. The molecular formula is C22H14Cl2N2O2. The van der Waals surface area contributed by atoms with Crippen molar-refractivity contribution in [2.45, 2.75) is 0 Å². The summed E-state index contributed by atoms with van der Waals surface area (Å²) in [6.07, 6.45) is 1.64.